The third kappa shape index (κ3) is 4.36. The van der Waals surface area contributed by atoms with Gasteiger partial charge in [0.25, 0.3) is 0 Å². The molecule has 0 unspecified atom stereocenters. The number of amides is 1. The summed E-state index contributed by atoms with van der Waals surface area (Å²) in [5.41, 5.74) is -0.156. The molecule has 7 heteroatoms. The standard InChI is InChI=1S/C11H19F3N2O2/c1-16(2)10(5-3-4-6-10)7-15-9(17)18-8-11(12,13)14/h3-8H2,1-2H3,(H,15,17). The first kappa shape index (κ1) is 15.1. The summed E-state index contributed by atoms with van der Waals surface area (Å²) in [6.07, 6.45) is -1.50. The number of alkyl carbamates (subject to hydrolysis) is 1. The lowest BCUT2D eigenvalue weighted by Gasteiger charge is -2.36. The van der Waals surface area contributed by atoms with Crippen molar-refractivity contribution in [1.82, 2.24) is 10.2 Å². The molecule has 106 valence electrons. The average molecular weight is 268 g/mol. The largest absolute Gasteiger partial charge is 0.440 e. The zero-order chi connectivity index (χ0) is 13.8. The van der Waals surface area contributed by atoms with Crippen LogP contribution < -0.4 is 5.32 Å². The van der Waals surface area contributed by atoms with E-state index >= 15 is 0 Å². The third-order valence-corrected chi connectivity index (χ3v) is 3.41. The van der Waals surface area contributed by atoms with Crippen LogP contribution in [0.25, 0.3) is 0 Å². The highest BCUT2D eigenvalue weighted by molar-refractivity contribution is 5.67. The molecule has 0 aromatic rings. The van der Waals surface area contributed by atoms with E-state index in [1.165, 1.54) is 0 Å². The minimum Gasteiger partial charge on any atom is -0.440 e. The monoisotopic (exact) mass is 268 g/mol. The van der Waals surface area contributed by atoms with Gasteiger partial charge in [-0.25, -0.2) is 4.79 Å². The van der Waals surface area contributed by atoms with Gasteiger partial charge in [-0.1, -0.05) is 12.8 Å². The molecule has 0 bridgehead atoms. The highest BCUT2D eigenvalue weighted by atomic mass is 19.4. The molecule has 0 radical (unpaired) electrons. The average Bonchev–Trinajstić information content (AvgIpc) is 2.72. The van der Waals surface area contributed by atoms with Gasteiger partial charge in [0.1, 0.15) is 0 Å². The fraction of sp³-hybridized carbons (Fsp3) is 0.909. The summed E-state index contributed by atoms with van der Waals surface area (Å²) < 4.78 is 39.6. The van der Waals surface area contributed by atoms with Crippen molar-refractivity contribution in [3.05, 3.63) is 0 Å². The fourth-order valence-electron chi connectivity index (χ4n) is 2.25. The molecule has 1 fully saturated rings. The van der Waals surface area contributed by atoms with Crippen LogP contribution in [0.2, 0.25) is 0 Å². The molecule has 1 saturated carbocycles. The maximum Gasteiger partial charge on any atom is 0.422 e. The second kappa shape index (κ2) is 5.77. The molecular formula is C11H19F3N2O2. The predicted octanol–water partition coefficient (Wildman–Crippen LogP) is 2.15. The highest BCUT2D eigenvalue weighted by Gasteiger charge is 2.36. The number of ether oxygens (including phenoxy) is 1. The molecule has 1 aliphatic carbocycles. The molecule has 1 amide bonds. The molecule has 1 N–H and O–H groups in total. The Bertz CT molecular complexity index is 287. The van der Waals surface area contributed by atoms with Crippen LogP contribution in [-0.4, -0.2) is 50.0 Å². The van der Waals surface area contributed by atoms with Gasteiger partial charge in [0.05, 0.1) is 0 Å². The van der Waals surface area contributed by atoms with E-state index in [-0.39, 0.29) is 5.54 Å². The van der Waals surface area contributed by atoms with E-state index in [1.54, 1.807) is 0 Å². The lowest BCUT2D eigenvalue weighted by atomic mass is 9.96. The number of likely N-dealkylation sites (N-methyl/N-ethyl adjacent to an activating group) is 1. The molecule has 0 spiro atoms. The quantitative estimate of drug-likeness (QED) is 0.849. The molecule has 1 rings (SSSR count). The summed E-state index contributed by atoms with van der Waals surface area (Å²) in [5.74, 6) is 0. The van der Waals surface area contributed by atoms with Crippen LogP contribution in [-0.2, 0) is 4.74 Å². The molecular weight excluding hydrogens is 249 g/mol. The Morgan fingerprint density at radius 1 is 1.33 bits per heavy atom. The van der Waals surface area contributed by atoms with E-state index in [4.69, 9.17) is 0 Å². The maximum absolute atomic E-state index is 11.8. The number of rotatable bonds is 4. The van der Waals surface area contributed by atoms with E-state index in [0.29, 0.717) is 6.54 Å². The summed E-state index contributed by atoms with van der Waals surface area (Å²) in [5, 5.41) is 2.42. The van der Waals surface area contributed by atoms with Crippen molar-refractivity contribution in [2.24, 2.45) is 0 Å². The number of nitrogens with one attached hydrogen (secondary N) is 1. The molecule has 0 aromatic carbocycles. The SMILES string of the molecule is CN(C)C1(CNC(=O)OCC(F)(F)F)CCCC1. The Labute approximate surface area is 104 Å². The number of halogens is 3. The van der Waals surface area contributed by atoms with E-state index in [2.05, 4.69) is 10.1 Å². The van der Waals surface area contributed by atoms with Crippen molar-refractivity contribution in [3.8, 4) is 0 Å². The molecule has 0 atom stereocenters. The first-order valence-electron chi connectivity index (χ1n) is 5.90. The van der Waals surface area contributed by atoms with Gasteiger partial charge in [0.2, 0.25) is 0 Å². The van der Waals surface area contributed by atoms with Crippen molar-refractivity contribution in [2.45, 2.75) is 37.4 Å². The second-order valence-electron chi connectivity index (χ2n) is 4.87. The van der Waals surface area contributed by atoms with Gasteiger partial charge < -0.3 is 15.0 Å². The lowest BCUT2D eigenvalue weighted by molar-refractivity contribution is -0.160. The summed E-state index contributed by atoms with van der Waals surface area (Å²) in [7, 11) is 3.82. The molecule has 0 saturated heterocycles. The number of alkyl halides is 3. The van der Waals surface area contributed by atoms with Crippen LogP contribution in [0.3, 0.4) is 0 Å². The van der Waals surface area contributed by atoms with Crippen LogP contribution in [0.4, 0.5) is 18.0 Å². The number of hydrogen-bond donors (Lipinski definition) is 1. The van der Waals surface area contributed by atoms with Crippen molar-refractivity contribution in [2.75, 3.05) is 27.2 Å². The predicted molar refractivity (Wildman–Crippen MR) is 60.3 cm³/mol. The molecule has 0 aromatic heterocycles. The third-order valence-electron chi connectivity index (χ3n) is 3.41. The van der Waals surface area contributed by atoms with Crippen molar-refractivity contribution >= 4 is 6.09 Å². The topological polar surface area (TPSA) is 41.6 Å². The van der Waals surface area contributed by atoms with Crippen LogP contribution in [0.15, 0.2) is 0 Å². The van der Waals surface area contributed by atoms with E-state index in [0.717, 1.165) is 25.7 Å². The first-order valence-corrected chi connectivity index (χ1v) is 5.90. The molecule has 1 aliphatic rings. The molecule has 0 heterocycles. The van der Waals surface area contributed by atoms with Crippen LogP contribution in [0.5, 0.6) is 0 Å². The van der Waals surface area contributed by atoms with Gasteiger partial charge in [-0.05, 0) is 26.9 Å². The van der Waals surface area contributed by atoms with Gasteiger partial charge in [-0.2, -0.15) is 13.2 Å². The number of carbonyl (C=O) groups is 1. The molecule has 0 aliphatic heterocycles. The van der Waals surface area contributed by atoms with Gasteiger partial charge in [0, 0.05) is 12.1 Å². The van der Waals surface area contributed by atoms with Crippen LogP contribution in [0.1, 0.15) is 25.7 Å². The Kier molecular flexibility index (Phi) is 4.84. The number of nitrogens with zero attached hydrogens (tertiary/aromatic N) is 1. The molecule has 4 nitrogen and oxygen atoms in total. The normalized spacial score (nSPS) is 19.0. The zero-order valence-electron chi connectivity index (χ0n) is 10.6. The van der Waals surface area contributed by atoms with Crippen molar-refractivity contribution in [1.29, 1.82) is 0 Å². The zero-order valence-corrected chi connectivity index (χ0v) is 10.6. The Morgan fingerprint density at radius 3 is 2.33 bits per heavy atom. The minimum atomic E-state index is -4.48. The first-order chi connectivity index (χ1) is 8.25. The minimum absolute atomic E-state index is 0.156. The Hall–Kier alpha value is -0.980. The van der Waals surface area contributed by atoms with E-state index < -0.39 is 18.9 Å². The lowest BCUT2D eigenvalue weighted by Crippen LogP contribution is -2.51. The van der Waals surface area contributed by atoms with E-state index in [1.807, 2.05) is 19.0 Å². The van der Waals surface area contributed by atoms with Crippen LogP contribution in [0, 0.1) is 0 Å². The fourth-order valence-corrected chi connectivity index (χ4v) is 2.25. The highest BCUT2D eigenvalue weighted by Crippen LogP contribution is 2.33. The molecule has 18 heavy (non-hydrogen) atoms. The van der Waals surface area contributed by atoms with Gasteiger partial charge in [-0.3, -0.25) is 0 Å². The maximum atomic E-state index is 11.8. The summed E-state index contributed by atoms with van der Waals surface area (Å²) in [6, 6.07) is 0. The van der Waals surface area contributed by atoms with E-state index in [9.17, 15) is 18.0 Å². The van der Waals surface area contributed by atoms with Crippen LogP contribution >= 0.6 is 0 Å². The Morgan fingerprint density at radius 2 is 1.89 bits per heavy atom. The smallest absolute Gasteiger partial charge is 0.422 e. The van der Waals surface area contributed by atoms with Gasteiger partial charge in [-0.15, -0.1) is 0 Å². The number of hydrogen-bond acceptors (Lipinski definition) is 3. The summed E-state index contributed by atoms with van der Waals surface area (Å²) in [6.45, 7) is -1.23. The summed E-state index contributed by atoms with van der Waals surface area (Å²) in [4.78, 5) is 13.2. The van der Waals surface area contributed by atoms with Gasteiger partial charge >= 0.3 is 12.3 Å². The van der Waals surface area contributed by atoms with Crippen molar-refractivity contribution in [3.63, 3.8) is 0 Å². The number of carbonyl (C=O) groups excluding carboxylic acids is 1. The Balaban J connectivity index is 2.37. The van der Waals surface area contributed by atoms with Gasteiger partial charge in [0.15, 0.2) is 6.61 Å². The summed E-state index contributed by atoms with van der Waals surface area (Å²) >= 11 is 0. The van der Waals surface area contributed by atoms with Crippen molar-refractivity contribution < 1.29 is 22.7 Å². The second-order valence-corrected chi connectivity index (χ2v) is 4.87.